The first-order chi connectivity index (χ1) is 8.58. The summed E-state index contributed by atoms with van der Waals surface area (Å²) in [6.45, 7) is 4.78. The van der Waals surface area contributed by atoms with E-state index in [1.165, 1.54) is 11.1 Å². The highest BCUT2D eigenvalue weighted by molar-refractivity contribution is 6.36. The summed E-state index contributed by atoms with van der Waals surface area (Å²) in [5.41, 5.74) is 4.49. The minimum atomic E-state index is 0.628. The maximum absolute atomic E-state index is 6.14. The van der Waals surface area contributed by atoms with Crippen LogP contribution in [0.5, 0.6) is 0 Å². The van der Waals surface area contributed by atoms with Crippen molar-refractivity contribution < 1.29 is 0 Å². The zero-order valence-electron chi connectivity index (χ0n) is 10.4. The van der Waals surface area contributed by atoms with E-state index in [1.54, 1.807) is 0 Å². The lowest BCUT2D eigenvalue weighted by molar-refractivity contribution is 1.14. The monoisotopic (exact) mass is 279 g/mol. The summed E-state index contributed by atoms with van der Waals surface area (Å²) in [6.07, 6.45) is 0. The van der Waals surface area contributed by atoms with Gasteiger partial charge in [0.25, 0.3) is 0 Å². The van der Waals surface area contributed by atoms with Crippen molar-refractivity contribution in [2.45, 2.75) is 20.4 Å². The second-order valence-electron chi connectivity index (χ2n) is 4.37. The first-order valence-electron chi connectivity index (χ1n) is 5.82. The van der Waals surface area contributed by atoms with Gasteiger partial charge in [-0.3, -0.25) is 0 Å². The van der Waals surface area contributed by atoms with Crippen LogP contribution in [0.4, 0.5) is 5.69 Å². The number of hydrogen-bond donors (Lipinski definition) is 1. The lowest BCUT2D eigenvalue weighted by atomic mass is 10.1. The second kappa shape index (κ2) is 5.64. The SMILES string of the molecule is Cc1ccc(C)c(NCc2c(Cl)cccc2Cl)c1. The lowest BCUT2D eigenvalue weighted by Crippen LogP contribution is -2.02. The first kappa shape index (κ1) is 13.3. The second-order valence-corrected chi connectivity index (χ2v) is 5.19. The van der Waals surface area contributed by atoms with Crippen molar-refractivity contribution in [3.8, 4) is 0 Å². The van der Waals surface area contributed by atoms with Crippen LogP contribution in [-0.4, -0.2) is 0 Å². The topological polar surface area (TPSA) is 12.0 Å². The van der Waals surface area contributed by atoms with Gasteiger partial charge in [0.2, 0.25) is 0 Å². The maximum atomic E-state index is 6.14. The van der Waals surface area contributed by atoms with E-state index in [1.807, 2.05) is 18.2 Å². The minimum absolute atomic E-state index is 0.628. The number of aryl methyl sites for hydroxylation is 2. The molecule has 0 aliphatic carbocycles. The van der Waals surface area contributed by atoms with Gasteiger partial charge in [0.15, 0.2) is 0 Å². The van der Waals surface area contributed by atoms with E-state index in [-0.39, 0.29) is 0 Å². The molecule has 1 N–H and O–H groups in total. The van der Waals surface area contributed by atoms with Crippen LogP contribution in [0, 0.1) is 13.8 Å². The number of benzene rings is 2. The summed E-state index contributed by atoms with van der Waals surface area (Å²) in [5.74, 6) is 0. The molecular weight excluding hydrogens is 265 g/mol. The molecule has 0 aromatic heterocycles. The minimum Gasteiger partial charge on any atom is -0.381 e. The molecule has 2 rings (SSSR count). The predicted molar refractivity (Wildman–Crippen MR) is 79.7 cm³/mol. The highest BCUT2D eigenvalue weighted by atomic mass is 35.5. The van der Waals surface area contributed by atoms with Gasteiger partial charge < -0.3 is 5.32 Å². The molecule has 0 atom stereocenters. The molecule has 0 aliphatic heterocycles. The number of rotatable bonds is 3. The number of anilines is 1. The molecule has 2 aromatic rings. The van der Waals surface area contributed by atoms with Crippen molar-refractivity contribution in [2.24, 2.45) is 0 Å². The Hall–Kier alpha value is -1.18. The molecule has 0 radical (unpaired) electrons. The standard InChI is InChI=1S/C15H15Cl2N/c1-10-6-7-11(2)15(8-10)18-9-12-13(16)4-3-5-14(12)17/h3-8,18H,9H2,1-2H3. The number of halogens is 2. The third-order valence-electron chi connectivity index (χ3n) is 2.91. The molecule has 2 aromatic carbocycles. The lowest BCUT2D eigenvalue weighted by Gasteiger charge is -2.12. The molecular formula is C15H15Cl2N. The highest BCUT2D eigenvalue weighted by Crippen LogP contribution is 2.26. The molecule has 3 heteroatoms. The average Bonchev–Trinajstić information content (AvgIpc) is 2.33. The maximum Gasteiger partial charge on any atom is 0.0470 e. The van der Waals surface area contributed by atoms with Crippen LogP contribution in [0.2, 0.25) is 10.0 Å². The van der Waals surface area contributed by atoms with E-state index >= 15 is 0 Å². The van der Waals surface area contributed by atoms with Crippen LogP contribution >= 0.6 is 23.2 Å². The third kappa shape index (κ3) is 2.98. The van der Waals surface area contributed by atoms with Gasteiger partial charge >= 0.3 is 0 Å². The molecule has 0 aliphatic rings. The highest BCUT2D eigenvalue weighted by Gasteiger charge is 2.06. The first-order valence-corrected chi connectivity index (χ1v) is 6.57. The molecule has 0 saturated carbocycles. The van der Waals surface area contributed by atoms with Crippen molar-refractivity contribution >= 4 is 28.9 Å². The Labute approximate surface area is 118 Å². The van der Waals surface area contributed by atoms with Crippen molar-refractivity contribution in [1.82, 2.24) is 0 Å². The predicted octanol–water partition coefficient (Wildman–Crippen LogP) is 5.22. The van der Waals surface area contributed by atoms with Gasteiger partial charge in [-0.25, -0.2) is 0 Å². The normalized spacial score (nSPS) is 10.4. The Balaban J connectivity index is 2.19. The molecule has 0 heterocycles. The Morgan fingerprint density at radius 1 is 1.00 bits per heavy atom. The fourth-order valence-corrected chi connectivity index (χ4v) is 2.34. The van der Waals surface area contributed by atoms with E-state index in [0.29, 0.717) is 16.6 Å². The third-order valence-corrected chi connectivity index (χ3v) is 3.62. The van der Waals surface area contributed by atoms with Crippen LogP contribution in [0.1, 0.15) is 16.7 Å². The summed E-state index contributed by atoms with van der Waals surface area (Å²) in [6, 6.07) is 11.9. The van der Waals surface area contributed by atoms with Gasteiger partial charge in [-0.05, 0) is 43.2 Å². The summed E-state index contributed by atoms with van der Waals surface area (Å²) in [7, 11) is 0. The molecule has 0 unspecified atom stereocenters. The van der Waals surface area contributed by atoms with Crippen LogP contribution in [0.25, 0.3) is 0 Å². The Kier molecular flexibility index (Phi) is 4.15. The van der Waals surface area contributed by atoms with E-state index < -0.39 is 0 Å². The largest absolute Gasteiger partial charge is 0.381 e. The van der Waals surface area contributed by atoms with E-state index in [0.717, 1.165) is 11.3 Å². The van der Waals surface area contributed by atoms with Crippen LogP contribution in [0.3, 0.4) is 0 Å². The van der Waals surface area contributed by atoms with E-state index in [4.69, 9.17) is 23.2 Å². The molecule has 1 nitrogen and oxygen atoms in total. The summed E-state index contributed by atoms with van der Waals surface area (Å²) in [4.78, 5) is 0. The molecule has 0 amide bonds. The zero-order valence-corrected chi connectivity index (χ0v) is 11.9. The molecule has 0 bridgehead atoms. The van der Waals surface area contributed by atoms with Crippen LogP contribution in [0.15, 0.2) is 36.4 Å². The summed E-state index contributed by atoms with van der Waals surface area (Å²) in [5, 5.41) is 4.77. The van der Waals surface area contributed by atoms with Crippen molar-refractivity contribution in [3.63, 3.8) is 0 Å². The molecule has 18 heavy (non-hydrogen) atoms. The van der Waals surface area contributed by atoms with Gasteiger partial charge in [0.1, 0.15) is 0 Å². The Morgan fingerprint density at radius 2 is 1.67 bits per heavy atom. The fourth-order valence-electron chi connectivity index (χ4n) is 1.81. The number of nitrogens with one attached hydrogen (secondary N) is 1. The van der Waals surface area contributed by atoms with Crippen molar-refractivity contribution in [1.29, 1.82) is 0 Å². The average molecular weight is 280 g/mol. The van der Waals surface area contributed by atoms with Gasteiger partial charge in [0.05, 0.1) is 0 Å². The Bertz CT molecular complexity index is 544. The number of hydrogen-bond acceptors (Lipinski definition) is 1. The molecule has 94 valence electrons. The molecule has 0 spiro atoms. The Morgan fingerprint density at radius 3 is 2.33 bits per heavy atom. The summed E-state index contributed by atoms with van der Waals surface area (Å²) < 4.78 is 0. The molecule has 0 fully saturated rings. The summed E-state index contributed by atoms with van der Waals surface area (Å²) >= 11 is 12.3. The zero-order chi connectivity index (χ0) is 13.1. The quantitative estimate of drug-likeness (QED) is 0.812. The van der Waals surface area contributed by atoms with Gasteiger partial charge in [-0.1, -0.05) is 41.4 Å². The van der Waals surface area contributed by atoms with Gasteiger partial charge in [0, 0.05) is 27.8 Å². The molecule has 0 saturated heterocycles. The van der Waals surface area contributed by atoms with Crippen LogP contribution < -0.4 is 5.32 Å². The van der Waals surface area contributed by atoms with Gasteiger partial charge in [-0.15, -0.1) is 0 Å². The van der Waals surface area contributed by atoms with E-state index in [2.05, 4.69) is 37.4 Å². The van der Waals surface area contributed by atoms with Crippen molar-refractivity contribution in [3.05, 3.63) is 63.1 Å². The smallest absolute Gasteiger partial charge is 0.0470 e. The van der Waals surface area contributed by atoms with Gasteiger partial charge in [-0.2, -0.15) is 0 Å². The van der Waals surface area contributed by atoms with E-state index in [9.17, 15) is 0 Å². The fraction of sp³-hybridized carbons (Fsp3) is 0.200. The van der Waals surface area contributed by atoms with Crippen molar-refractivity contribution in [2.75, 3.05) is 5.32 Å². The van der Waals surface area contributed by atoms with Crippen LogP contribution in [-0.2, 0) is 6.54 Å².